The van der Waals surface area contributed by atoms with Crippen molar-refractivity contribution in [2.24, 2.45) is 0 Å². The lowest BCUT2D eigenvalue weighted by atomic mass is 10.2. The minimum Gasteiger partial charge on any atom is -0.410 e. The van der Waals surface area contributed by atoms with Crippen LogP contribution in [0.25, 0.3) is 0 Å². The molecule has 1 aromatic rings. The molecule has 0 radical (unpaired) electrons. The Morgan fingerprint density at radius 1 is 1.29 bits per heavy atom. The van der Waals surface area contributed by atoms with Gasteiger partial charge in [0.15, 0.2) is 0 Å². The number of rotatable bonds is 3. The van der Waals surface area contributed by atoms with Gasteiger partial charge in [-0.25, -0.2) is 4.79 Å². The lowest BCUT2D eigenvalue weighted by Gasteiger charge is -2.19. The lowest BCUT2D eigenvalue weighted by Crippen LogP contribution is -2.33. The maximum Gasteiger partial charge on any atom is 0.415 e. The first-order valence-electron chi connectivity index (χ1n) is 5.42. The molecular formula is C12H15Cl2NO2. The third-order valence-electron chi connectivity index (χ3n) is 2.51. The highest BCUT2D eigenvalue weighted by atomic mass is 35.5. The van der Waals surface area contributed by atoms with Crippen LogP contribution in [0, 0.1) is 6.92 Å². The number of benzene rings is 1. The molecule has 0 aliphatic carbocycles. The van der Waals surface area contributed by atoms with Crippen LogP contribution in [0.1, 0.15) is 19.4 Å². The Morgan fingerprint density at radius 2 is 1.88 bits per heavy atom. The fourth-order valence-corrected chi connectivity index (χ4v) is 1.75. The summed E-state index contributed by atoms with van der Waals surface area (Å²) in [6.07, 6.45) is -0.378. The van der Waals surface area contributed by atoms with Crippen molar-refractivity contribution in [3.05, 3.63) is 27.7 Å². The minimum atomic E-state index is -0.378. The average molecular weight is 276 g/mol. The van der Waals surface area contributed by atoms with Crippen molar-refractivity contribution in [2.45, 2.75) is 20.8 Å². The predicted octanol–water partition coefficient (Wildman–Crippen LogP) is 4.14. The number of hydrogen-bond acceptors (Lipinski definition) is 2. The third kappa shape index (κ3) is 3.27. The van der Waals surface area contributed by atoms with Crippen LogP contribution in [-0.4, -0.2) is 24.1 Å². The molecule has 0 saturated carbocycles. The van der Waals surface area contributed by atoms with E-state index in [1.807, 2.05) is 13.8 Å². The molecule has 0 aromatic heterocycles. The molecule has 94 valence electrons. The summed E-state index contributed by atoms with van der Waals surface area (Å²) < 4.78 is 5.27. The highest BCUT2D eigenvalue weighted by Gasteiger charge is 2.15. The largest absolute Gasteiger partial charge is 0.415 e. The Bertz CT molecular complexity index is 417. The van der Waals surface area contributed by atoms with Gasteiger partial charge in [-0.3, -0.25) is 0 Å². The number of hydrogen-bond donors (Lipinski definition) is 0. The van der Waals surface area contributed by atoms with E-state index < -0.39 is 0 Å². The van der Waals surface area contributed by atoms with Crippen molar-refractivity contribution in [1.29, 1.82) is 0 Å². The van der Waals surface area contributed by atoms with Gasteiger partial charge < -0.3 is 9.64 Å². The van der Waals surface area contributed by atoms with E-state index in [9.17, 15) is 4.79 Å². The molecule has 0 saturated heterocycles. The van der Waals surface area contributed by atoms with Crippen molar-refractivity contribution in [3.63, 3.8) is 0 Å². The molecule has 17 heavy (non-hydrogen) atoms. The topological polar surface area (TPSA) is 29.5 Å². The second-order valence-electron chi connectivity index (χ2n) is 3.52. The Balaban J connectivity index is 2.89. The number of nitrogens with zero attached hydrogens (tertiary/aromatic N) is 1. The van der Waals surface area contributed by atoms with Gasteiger partial charge in [-0.2, -0.15) is 0 Å². The van der Waals surface area contributed by atoms with E-state index in [1.54, 1.807) is 24.0 Å². The Hall–Kier alpha value is -0.930. The zero-order valence-electron chi connectivity index (χ0n) is 10.1. The summed E-state index contributed by atoms with van der Waals surface area (Å²) in [6, 6.07) is 3.26. The van der Waals surface area contributed by atoms with E-state index in [-0.39, 0.29) is 6.09 Å². The van der Waals surface area contributed by atoms with Crippen LogP contribution in [0.3, 0.4) is 0 Å². The zero-order valence-corrected chi connectivity index (χ0v) is 11.6. The van der Waals surface area contributed by atoms with Crippen LogP contribution in [0.2, 0.25) is 10.0 Å². The van der Waals surface area contributed by atoms with Crippen molar-refractivity contribution in [2.75, 3.05) is 13.1 Å². The fraction of sp³-hybridized carbons (Fsp3) is 0.417. The molecule has 0 fully saturated rings. The molecule has 0 spiro atoms. The molecule has 0 atom stereocenters. The van der Waals surface area contributed by atoms with Gasteiger partial charge >= 0.3 is 6.09 Å². The summed E-state index contributed by atoms with van der Waals surface area (Å²) in [4.78, 5) is 13.3. The maximum atomic E-state index is 11.8. The van der Waals surface area contributed by atoms with Crippen molar-refractivity contribution in [3.8, 4) is 5.75 Å². The van der Waals surface area contributed by atoms with E-state index >= 15 is 0 Å². The van der Waals surface area contributed by atoms with E-state index in [0.29, 0.717) is 34.4 Å². The van der Waals surface area contributed by atoms with E-state index in [0.717, 1.165) is 0 Å². The number of halogens is 2. The highest BCUT2D eigenvalue weighted by molar-refractivity contribution is 6.42. The second-order valence-corrected chi connectivity index (χ2v) is 4.31. The summed E-state index contributed by atoms with van der Waals surface area (Å²) in [5.41, 5.74) is 0.666. The van der Waals surface area contributed by atoms with Gasteiger partial charge in [-0.15, -0.1) is 0 Å². The van der Waals surface area contributed by atoms with Gasteiger partial charge in [-0.05, 0) is 32.9 Å². The third-order valence-corrected chi connectivity index (χ3v) is 3.41. The van der Waals surface area contributed by atoms with Gasteiger partial charge in [0, 0.05) is 18.7 Å². The smallest absolute Gasteiger partial charge is 0.410 e. The van der Waals surface area contributed by atoms with Crippen LogP contribution in [0.5, 0.6) is 5.75 Å². The minimum absolute atomic E-state index is 0.378. The van der Waals surface area contributed by atoms with Crippen LogP contribution in [-0.2, 0) is 0 Å². The first-order chi connectivity index (χ1) is 8.01. The number of ether oxygens (including phenoxy) is 1. The van der Waals surface area contributed by atoms with Crippen molar-refractivity contribution >= 4 is 29.3 Å². The van der Waals surface area contributed by atoms with Gasteiger partial charge in [0.1, 0.15) is 5.75 Å². The Labute approximate surface area is 111 Å². The fourth-order valence-electron chi connectivity index (χ4n) is 1.39. The van der Waals surface area contributed by atoms with Crippen molar-refractivity contribution in [1.82, 2.24) is 4.90 Å². The Morgan fingerprint density at radius 3 is 2.41 bits per heavy atom. The molecule has 0 unspecified atom stereocenters. The maximum absolute atomic E-state index is 11.8. The van der Waals surface area contributed by atoms with Crippen LogP contribution < -0.4 is 4.74 Å². The molecule has 0 heterocycles. The van der Waals surface area contributed by atoms with E-state index in [1.165, 1.54) is 0 Å². The molecule has 5 heteroatoms. The molecule has 1 aromatic carbocycles. The van der Waals surface area contributed by atoms with E-state index in [4.69, 9.17) is 27.9 Å². The second kappa shape index (κ2) is 6.12. The van der Waals surface area contributed by atoms with Crippen molar-refractivity contribution < 1.29 is 9.53 Å². The first-order valence-corrected chi connectivity index (χ1v) is 6.18. The Kier molecular flexibility index (Phi) is 5.09. The standard InChI is InChI=1S/C12H15Cl2NO2/c1-4-15(5-2)12(16)17-10-7-6-9(13)11(14)8(10)3/h6-7H,4-5H2,1-3H3. The predicted molar refractivity (Wildman–Crippen MR) is 70.1 cm³/mol. The normalized spacial score (nSPS) is 10.2. The highest BCUT2D eigenvalue weighted by Crippen LogP contribution is 2.32. The summed E-state index contributed by atoms with van der Waals surface area (Å²) in [7, 11) is 0. The van der Waals surface area contributed by atoms with Crippen LogP contribution >= 0.6 is 23.2 Å². The summed E-state index contributed by atoms with van der Waals surface area (Å²) >= 11 is 11.8. The number of carbonyl (C=O) groups excluding carboxylic acids is 1. The summed E-state index contributed by atoms with van der Waals surface area (Å²) in [6.45, 7) is 6.77. The molecule has 1 rings (SSSR count). The molecule has 0 aliphatic heterocycles. The molecule has 0 aliphatic rings. The molecule has 1 amide bonds. The summed E-state index contributed by atoms with van der Waals surface area (Å²) in [5, 5.41) is 0.864. The van der Waals surface area contributed by atoms with Gasteiger partial charge in [0.05, 0.1) is 10.0 Å². The lowest BCUT2D eigenvalue weighted by molar-refractivity contribution is 0.157. The van der Waals surface area contributed by atoms with Gasteiger partial charge in [0.25, 0.3) is 0 Å². The summed E-state index contributed by atoms with van der Waals surface area (Å²) in [5.74, 6) is 0.441. The molecule has 0 bridgehead atoms. The molecule has 3 nitrogen and oxygen atoms in total. The van der Waals surface area contributed by atoms with Gasteiger partial charge in [-0.1, -0.05) is 23.2 Å². The number of carbonyl (C=O) groups is 1. The SMILES string of the molecule is CCN(CC)C(=O)Oc1ccc(Cl)c(Cl)c1C. The monoisotopic (exact) mass is 275 g/mol. The molecular weight excluding hydrogens is 261 g/mol. The first kappa shape index (κ1) is 14.1. The number of amides is 1. The van der Waals surface area contributed by atoms with E-state index in [2.05, 4.69) is 0 Å². The quantitative estimate of drug-likeness (QED) is 0.830. The molecule has 0 N–H and O–H groups in total. The van der Waals surface area contributed by atoms with Gasteiger partial charge in [0.2, 0.25) is 0 Å². The average Bonchev–Trinajstić information content (AvgIpc) is 2.31. The van der Waals surface area contributed by atoms with Crippen LogP contribution in [0.15, 0.2) is 12.1 Å². The van der Waals surface area contributed by atoms with Crippen LogP contribution in [0.4, 0.5) is 4.79 Å². The zero-order chi connectivity index (χ0) is 13.0.